The van der Waals surface area contributed by atoms with Crippen LogP contribution in [0.25, 0.3) is 0 Å². The zero-order valence-corrected chi connectivity index (χ0v) is 14.9. The first-order valence-corrected chi connectivity index (χ1v) is 8.59. The molecule has 0 amide bonds. The van der Waals surface area contributed by atoms with Crippen LogP contribution >= 0.6 is 0 Å². The Hall–Kier alpha value is -2.37. The highest BCUT2D eigenvalue weighted by Crippen LogP contribution is 2.11. The van der Waals surface area contributed by atoms with E-state index >= 15 is 0 Å². The van der Waals surface area contributed by atoms with Gasteiger partial charge in [0.05, 0.1) is 6.54 Å². The van der Waals surface area contributed by atoms with Gasteiger partial charge in [-0.25, -0.2) is 4.99 Å². The highest BCUT2D eigenvalue weighted by Gasteiger charge is 2.00. The van der Waals surface area contributed by atoms with Crippen molar-refractivity contribution in [3.8, 4) is 0 Å². The molecule has 0 fully saturated rings. The van der Waals surface area contributed by atoms with Crippen LogP contribution < -0.4 is 10.6 Å². The van der Waals surface area contributed by atoms with Gasteiger partial charge >= 0.3 is 0 Å². The van der Waals surface area contributed by atoms with E-state index in [2.05, 4.69) is 59.8 Å². The third kappa shape index (κ3) is 6.02. The summed E-state index contributed by atoms with van der Waals surface area (Å²) in [4.78, 5) is 4.69. The van der Waals surface area contributed by atoms with E-state index in [0.717, 1.165) is 38.4 Å². The van der Waals surface area contributed by atoms with Gasteiger partial charge in [-0.1, -0.05) is 23.8 Å². The fraction of sp³-hybridized carbons (Fsp3) is 0.500. The molecule has 1 aromatic carbocycles. The maximum absolute atomic E-state index is 4.69. The highest BCUT2D eigenvalue weighted by atomic mass is 15.2. The standard InChI is InChI=1S/C18H28N6/c1-4-19-18(20-9-5-6-10-24-13-22-23-14-24)21-12-17-8-7-15(2)11-16(17)3/h7-8,11,13-14H,4-6,9-10,12H2,1-3H3,(H2,19,20,21). The number of rotatable bonds is 8. The molecule has 6 heteroatoms. The average molecular weight is 328 g/mol. The molecule has 0 atom stereocenters. The first kappa shape index (κ1) is 18.0. The van der Waals surface area contributed by atoms with Crippen molar-refractivity contribution >= 4 is 5.96 Å². The second kappa shape index (κ2) is 9.70. The fourth-order valence-corrected chi connectivity index (χ4v) is 2.49. The van der Waals surface area contributed by atoms with Gasteiger partial charge in [-0.3, -0.25) is 0 Å². The third-order valence-corrected chi connectivity index (χ3v) is 3.85. The van der Waals surface area contributed by atoms with Gasteiger partial charge in [-0.05, 0) is 44.7 Å². The van der Waals surface area contributed by atoms with Crippen molar-refractivity contribution in [2.45, 2.75) is 46.7 Å². The van der Waals surface area contributed by atoms with E-state index in [0.29, 0.717) is 6.54 Å². The topological polar surface area (TPSA) is 67.1 Å². The van der Waals surface area contributed by atoms with Gasteiger partial charge in [0.2, 0.25) is 0 Å². The normalized spacial score (nSPS) is 11.5. The van der Waals surface area contributed by atoms with Crippen molar-refractivity contribution < 1.29 is 0 Å². The molecule has 0 spiro atoms. The van der Waals surface area contributed by atoms with E-state index in [4.69, 9.17) is 4.99 Å². The Morgan fingerprint density at radius 1 is 1.12 bits per heavy atom. The van der Waals surface area contributed by atoms with Gasteiger partial charge in [0.1, 0.15) is 12.7 Å². The summed E-state index contributed by atoms with van der Waals surface area (Å²) in [5.41, 5.74) is 3.85. The van der Waals surface area contributed by atoms with Crippen LogP contribution in [-0.2, 0) is 13.1 Å². The molecule has 2 rings (SSSR count). The molecule has 2 N–H and O–H groups in total. The quantitative estimate of drug-likeness (QED) is 0.444. The molecular formula is C18H28N6. The molecule has 130 valence electrons. The van der Waals surface area contributed by atoms with Gasteiger partial charge < -0.3 is 15.2 Å². The Balaban J connectivity index is 1.77. The first-order chi connectivity index (χ1) is 11.7. The lowest BCUT2D eigenvalue weighted by molar-refractivity contribution is 0.598. The summed E-state index contributed by atoms with van der Waals surface area (Å²) in [5, 5.41) is 14.3. The second-order valence-electron chi connectivity index (χ2n) is 5.96. The largest absolute Gasteiger partial charge is 0.357 e. The van der Waals surface area contributed by atoms with Crippen molar-refractivity contribution in [1.29, 1.82) is 0 Å². The summed E-state index contributed by atoms with van der Waals surface area (Å²) in [5.74, 6) is 0.877. The number of aromatic nitrogens is 3. The van der Waals surface area contributed by atoms with Crippen molar-refractivity contribution in [2.75, 3.05) is 13.1 Å². The SMILES string of the molecule is CCNC(=NCc1ccc(C)cc1C)NCCCCn1cnnc1. The summed E-state index contributed by atoms with van der Waals surface area (Å²) >= 11 is 0. The number of nitrogens with zero attached hydrogens (tertiary/aromatic N) is 4. The lowest BCUT2D eigenvalue weighted by Crippen LogP contribution is -2.37. The van der Waals surface area contributed by atoms with E-state index in [1.807, 2.05) is 4.57 Å². The predicted octanol–water partition coefficient (Wildman–Crippen LogP) is 2.43. The van der Waals surface area contributed by atoms with Crippen LogP contribution in [0, 0.1) is 13.8 Å². The Labute approximate surface area is 144 Å². The molecule has 6 nitrogen and oxygen atoms in total. The molecule has 1 aromatic heterocycles. The lowest BCUT2D eigenvalue weighted by atomic mass is 10.1. The summed E-state index contributed by atoms with van der Waals surface area (Å²) in [6.07, 6.45) is 5.67. The number of nitrogens with one attached hydrogen (secondary N) is 2. The molecule has 0 bridgehead atoms. The smallest absolute Gasteiger partial charge is 0.191 e. The zero-order valence-electron chi connectivity index (χ0n) is 14.9. The number of unbranched alkanes of at least 4 members (excludes halogenated alkanes) is 1. The number of benzene rings is 1. The third-order valence-electron chi connectivity index (χ3n) is 3.85. The summed E-state index contributed by atoms with van der Waals surface area (Å²) in [6, 6.07) is 6.51. The Morgan fingerprint density at radius 3 is 2.62 bits per heavy atom. The number of hydrogen-bond donors (Lipinski definition) is 2. The zero-order chi connectivity index (χ0) is 17.2. The minimum Gasteiger partial charge on any atom is -0.357 e. The van der Waals surface area contributed by atoms with Crippen LogP contribution in [0.15, 0.2) is 35.8 Å². The molecular weight excluding hydrogens is 300 g/mol. The summed E-state index contributed by atoms with van der Waals surface area (Å²) in [7, 11) is 0. The van der Waals surface area contributed by atoms with Crippen LogP contribution in [0.3, 0.4) is 0 Å². The molecule has 2 aromatic rings. The molecule has 0 radical (unpaired) electrons. The van der Waals surface area contributed by atoms with Crippen molar-refractivity contribution in [2.24, 2.45) is 4.99 Å². The maximum Gasteiger partial charge on any atom is 0.191 e. The Kier molecular flexibility index (Phi) is 7.26. The molecule has 1 heterocycles. The molecule has 0 unspecified atom stereocenters. The monoisotopic (exact) mass is 328 g/mol. The van der Waals surface area contributed by atoms with Crippen LogP contribution in [0.5, 0.6) is 0 Å². The second-order valence-corrected chi connectivity index (χ2v) is 5.96. The summed E-state index contributed by atoms with van der Waals surface area (Å²) in [6.45, 7) is 9.75. The number of hydrogen-bond acceptors (Lipinski definition) is 3. The van der Waals surface area contributed by atoms with Crippen molar-refractivity contribution in [3.05, 3.63) is 47.5 Å². The minimum absolute atomic E-state index is 0.697. The van der Waals surface area contributed by atoms with Crippen molar-refractivity contribution in [3.63, 3.8) is 0 Å². The Morgan fingerprint density at radius 2 is 1.92 bits per heavy atom. The van der Waals surface area contributed by atoms with E-state index in [-0.39, 0.29) is 0 Å². The first-order valence-electron chi connectivity index (χ1n) is 8.59. The van der Waals surface area contributed by atoms with Crippen LogP contribution in [-0.4, -0.2) is 33.8 Å². The number of aliphatic imine (C=N–C) groups is 1. The van der Waals surface area contributed by atoms with Gasteiger partial charge in [0.25, 0.3) is 0 Å². The van der Waals surface area contributed by atoms with Crippen molar-refractivity contribution in [1.82, 2.24) is 25.4 Å². The van der Waals surface area contributed by atoms with E-state index in [1.165, 1.54) is 16.7 Å². The van der Waals surface area contributed by atoms with Gasteiger partial charge in [0, 0.05) is 19.6 Å². The van der Waals surface area contributed by atoms with Crippen LogP contribution in [0.4, 0.5) is 0 Å². The molecule has 0 aliphatic carbocycles. The average Bonchev–Trinajstić information content (AvgIpc) is 3.07. The molecule has 0 aliphatic rings. The van der Waals surface area contributed by atoms with Gasteiger partial charge in [-0.15, -0.1) is 10.2 Å². The van der Waals surface area contributed by atoms with E-state index in [1.54, 1.807) is 12.7 Å². The minimum atomic E-state index is 0.697. The van der Waals surface area contributed by atoms with Gasteiger partial charge in [-0.2, -0.15) is 0 Å². The molecule has 0 saturated heterocycles. The number of aryl methyl sites for hydroxylation is 3. The fourth-order valence-electron chi connectivity index (χ4n) is 2.49. The van der Waals surface area contributed by atoms with Crippen LogP contribution in [0.2, 0.25) is 0 Å². The van der Waals surface area contributed by atoms with E-state index < -0.39 is 0 Å². The molecule has 24 heavy (non-hydrogen) atoms. The highest BCUT2D eigenvalue weighted by molar-refractivity contribution is 5.79. The molecule has 0 aliphatic heterocycles. The van der Waals surface area contributed by atoms with Crippen LogP contribution in [0.1, 0.15) is 36.5 Å². The Bertz CT molecular complexity index is 633. The predicted molar refractivity (Wildman–Crippen MR) is 98.0 cm³/mol. The van der Waals surface area contributed by atoms with Gasteiger partial charge in [0.15, 0.2) is 5.96 Å². The maximum atomic E-state index is 4.69. The lowest BCUT2D eigenvalue weighted by Gasteiger charge is -2.12. The number of guanidine groups is 1. The molecule has 0 saturated carbocycles. The van der Waals surface area contributed by atoms with E-state index in [9.17, 15) is 0 Å². The summed E-state index contributed by atoms with van der Waals surface area (Å²) < 4.78 is 2.00.